The van der Waals surface area contributed by atoms with Crippen LogP contribution in [0.4, 0.5) is 5.69 Å². The zero-order valence-electron chi connectivity index (χ0n) is 9.79. The van der Waals surface area contributed by atoms with Crippen LogP contribution >= 0.6 is 39.1 Å². The molecule has 1 amide bonds. The fourth-order valence-electron chi connectivity index (χ4n) is 1.59. The third kappa shape index (κ3) is 3.50. The van der Waals surface area contributed by atoms with E-state index in [0.717, 1.165) is 10.0 Å². The Morgan fingerprint density at radius 3 is 2.63 bits per heavy atom. The molecule has 0 saturated carbocycles. The van der Waals surface area contributed by atoms with Crippen LogP contribution in [-0.4, -0.2) is 5.91 Å². The Labute approximate surface area is 129 Å². The minimum absolute atomic E-state index is 0.216. The number of hydrogen-bond acceptors (Lipinski definition) is 1. The first kappa shape index (κ1) is 14.4. The number of hydrogen-bond donors (Lipinski definition) is 1. The average Bonchev–Trinajstić information content (AvgIpc) is 2.42. The van der Waals surface area contributed by atoms with Crippen molar-refractivity contribution in [2.45, 2.75) is 5.88 Å². The third-order valence-corrected chi connectivity index (χ3v) is 4.11. The van der Waals surface area contributed by atoms with Gasteiger partial charge in [0.15, 0.2) is 0 Å². The van der Waals surface area contributed by atoms with E-state index in [-0.39, 0.29) is 5.91 Å². The van der Waals surface area contributed by atoms with E-state index in [1.165, 1.54) is 0 Å². The summed E-state index contributed by atoms with van der Waals surface area (Å²) in [7, 11) is 0. The van der Waals surface area contributed by atoms with Crippen LogP contribution in [0.15, 0.2) is 46.9 Å². The lowest BCUT2D eigenvalue weighted by Gasteiger charge is -2.09. The van der Waals surface area contributed by atoms with Gasteiger partial charge in [-0.05, 0) is 45.8 Å². The number of halogens is 3. The molecule has 2 rings (SSSR count). The molecule has 0 aliphatic carbocycles. The topological polar surface area (TPSA) is 29.1 Å². The molecular formula is C14H10BrCl2NO. The van der Waals surface area contributed by atoms with E-state index in [9.17, 15) is 4.79 Å². The van der Waals surface area contributed by atoms with Crippen LogP contribution in [0.1, 0.15) is 15.9 Å². The van der Waals surface area contributed by atoms with Gasteiger partial charge in [-0.3, -0.25) is 4.79 Å². The maximum Gasteiger partial charge on any atom is 0.255 e. The van der Waals surface area contributed by atoms with Crippen molar-refractivity contribution in [3.05, 3.63) is 63.1 Å². The van der Waals surface area contributed by atoms with Crippen LogP contribution < -0.4 is 5.32 Å². The van der Waals surface area contributed by atoms with Gasteiger partial charge < -0.3 is 5.32 Å². The third-order valence-electron chi connectivity index (χ3n) is 2.59. The van der Waals surface area contributed by atoms with Crippen molar-refractivity contribution in [1.82, 2.24) is 0 Å². The quantitative estimate of drug-likeness (QED) is 0.760. The van der Waals surface area contributed by atoms with Crippen molar-refractivity contribution >= 4 is 50.7 Å². The maximum absolute atomic E-state index is 12.1. The predicted octanol–water partition coefficient (Wildman–Crippen LogP) is 5.09. The molecule has 2 aromatic carbocycles. The fourth-order valence-corrected chi connectivity index (χ4v) is 2.25. The molecular weight excluding hydrogens is 349 g/mol. The number of amides is 1. The molecule has 0 unspecified atom stereocenters. The van der Waals surface area contributed by atoms with Gasteiger partial charge in [0.25, 0.3) is 5.91 Å². The summed E-state index contributed by atoms with van der Waals surface area (Å²) in [5.74, 6) is 0.129. The first-order chi connectivity index (χ1) is 9.11. The monoisotopic (exact) mass is 357 g/mol. The molecule has 2 aromatic rings. The van der Waals surface area contributed by atoms with Gasteiger partial charge in [0.1, 0.15) is 0 Å². The van der Waals surface area contributed by atoms with Crippen LogP contribution in [-0.2, 0) is 5.88 Å². The van der Waals surface area contributed by atoms with Crippen molar-refractivity contribution in [1.29, 1.82) is 0 Å². The second-order valence-electron chi connectivity index (χ2n) is 3.87. The SMILES string of the molecule is O=C(Nc1ccccc1CCl)c1ccc(Br)c(Cl)c1. The molecule has 0 atom stereocenters. The van der Waals surface area contributed by atoms with Crippen LogP contribution in [0.2, 0.25) is 5.02 Å². The first-order valence-corrected chi connectivity index (χ1v) is 7.22. The molecule has 98 valence electrons. The summed E-state index contributed by atoms with van der Waals surface area (Å²) in [6, 6.07) is 12.5. The molecule has 0 fully saturated rings. The highest BCUT2D eigenvalue weighted by atomic mass is 79.9. The Morgan fingerprint density at radius 1 is 1.21 bits per heavy atom. The van der Waals surface area contributed by atoms with E-state index in [0.29, 0.717) is 22.2 Å². The van der Waals surface area contributed by atoms with Crippen molar-refractivity contribution in [3.8, 4) is 0 Å². The highest BCUT2D eigenvalue weighted by molar-refractivity contribution is 9.10. The van der Waals surface area contributed by atoms with E-state index in [1.54, 1.807) is 18.2 Å². The molecule has 2 nitrogen and oxygen atoms in total. The Kier molecular flexibility index (Phi) is 4.86. The second kappa shape index (κ2) is 6.42. The van der Waals surface area contributed by atoms with Gasteiger partial charge in [0.05, 0.1) is 5.02 Å². The molecule has 0 heterocycles. The standard InChI is InChI=1S/C14H10BrCl2NO/c15-11-6-5-9(7-12(11)17)14(19)18-13-4-2-1-3-10(13)8-16/h1-7H,8H2,(H,18,19). The fraction of sp³-hybridized carbons (Fsp3) is 0.0714. The highest BCUT2D eigenvalue weighted by Crippen LogP contribution is 2.24. The van der Waals surface area contributed by atoms with E-state index < -0.39 is 0 Å². The van der Waals surface area contributed by atoms with Gasteiger partial charge in [-0.2, -0.15) is 0 Å². The summed E-state index contributed by atoms with van der Waals surface area (Å²) in [6.45, 7) is 0. The molecule has 0 bridgehead atoms. The molecule has 0 aliphatic heterocycles. The number of alkyl halides is 1. The molecule has 0 saturated heterocycles. The molecule has 0 aromatic heterocycles. The van der Waals surface area contributed by atoms with E-state index in [1.807, 2.05) is 24.3 Å². The van der Waals surface area contributed by atoms with Crippen LogP contribution in [0.25, 0.3) is 0 Å². The minimum atomic E-state index is -0.216. The number of carbonyl (C=O) groups excluding carboxylic acids is 1. The van der Waals surface area contributed by atoms with Crippen LogP contribution in [0.5, 0.6) is 0 Å². The lowest BCUT2D eigenvalue weighted by Crippen LogP contribution is -2.13. The Bertz CT molecular complexity index is 616. The van der Waals surface area contributed by atoms with Gasteiger partial charge in [-0.25, -0.2) is 0 Å². The van der Waals surface area contributed by atoms with Crippen LogP contribution in [0, 0.1) is 0 Å². The molecule has 1 N–H and O–H groups in total. The van der Waals surface area contributed by atoms with Gasteiger partial charge in [0, 0.05) is 21.6 Å². The Hall–Kier alpha value is -1.03. The number of carbonyl (C=O) groups is 1. The number of rotatable bonds is 3. The largest absolute Gasteiger partial charge is 0.322 e. The van der Waals surface area contributed by atoms with Crippen molar-refractivity contribution < 1.29 is 4.79 Å². The lowest BCUT2D eigenvalue weighted by atomic mass is 10.1. The minimum Gasteiger partial charge on any atom is -0.322 e. The summed E-state index contributed by atoms with van der Waals surface area (Å²) >= 11 is 15.1. The number of nitrogens with one attached hydrogen (secondary N) is 1. The predicted molar refractivity (Wildman–Crippen MR) is 83.1 cm³/mol. The van der Waals surface area contributed by atoms with E-state index in [2.05, 4.69) is 21.2 Å². The Balaban J connectivity index is 2.23. The zero-order valence-corrected chi connectivity index (χ0v) is 12.9. The van der Waals surface area contributed by atoms with Gasteiger partial charge >= 0.3 is 0 Å². The zero-order chi connectivity index (χ0) is 13.8. The highest BCUT2D eigenvalue weighted by Gasteiger charge is 2.10. The number of para-hydroxylation sites is 1. The summed E-state index contributed by atoms with van der Waals surface area (Å²) in [6.07, 6.45) is 0. The maximum atomic E-state index is 12.1. The lowest BCUT2D eigenvalue weighted by molar-refractivity contribution is 0.102. The van der Waals surface area contributed by atoms with E-state index in [4.69, 9.17) is 23.2 Å². The first-order valence-electron chi connectivity index (χ1n) is 5.52. The normalized spacial score (nSPS) is 10.3. The summed E-state index contributed by atoms with van der Waals surface area (Å²) in [5.41, 5.74) is 2.08. The van der Waals surface area contributed by atoms with Crippen molar-refractivity contribution in [3.63, 3.8) is 0 Å². The number of anilines is 1. The molecule has 0 radical (unpaired) electrons. The average molecular weight is 359 g/mol. The molecule has 5 heteroatoms. The van der Waals surface area contributed by atoms with E-state index >= 15 is 0 Å². The van der Waals surface area contributed by atoms with Crippen molar-refractivity contribution in [2.24, 2.45) is 0 Å². The smallest absolute Gasteiger partial charge is 0.255 e. The summed E-state index contributed by atoms with van der Waals surface area (Å²) in [4.78, 5) is 12.1. The molecule has 0 spiro atoms. The molecule has 0 aliphatic rings. The summed E-state index contributed by atoms with van der Waals surface area (Å²) in [5, 5.41) is 3.33. The molecule has 19 heavy (non-hydrogen) atoms. The van der Waals surface area contributed by atoms with Gasteiger partial charge in [-0.15, -0.1) is 11.6 Å². The van der Waals surface area contributed by atoms with Gasteiger partial charge in [0.2, 0.25) is 0 Å². The van der Waals surface area contributed by atoms with Crippen LogP contribution in [0.3, 0.4) is 0 Å². The van der Waals surface area contributed by atoms with Gasteiger partial charge in [-0.1, -0.05) is 29.8 Å². The second-order valence-corrected chi connectivity index (χ2v) is 5.40. The number of benzene rings is 2. The Morgan fingerprint density at radius 2 is 1.95 bits per heavy atom. The van der Waals surface area contributed by atoms with Crippen molar-refractivity contribution in [2.75, 3.05) is 5.32 Å². The summed E-state index contributed by atoms with van der Waals surface area (Å²) < 4.78 is 0.756.